The van der Waals surface area contributed by atoms with E-state index in [1.165, 1.54) is 0 Å². The van der Waals surface area contributed by atoms with Crippen LogP contribution < -0.4 is 10.2 Å². The highest BCUT2D eigenvalue weighted by Gasteiger charge is 2.36. The molecule has 1 aliphatic heterocycles. The van der Waals surface area contributed by atoms with Gasteiger partial charge >= 0.3 is 5.00 Å². The number of hydrogen-bond acceptors (Lipinski definition) is 6. The number of nitro groups is 1. The van der Waals surface area contributed by atoms with Crippen molar-refractivity contribution in [1.29, 1.82) is 0 Å². The first-order valence-electron chi connectivity index (χ1n) is 7.23. The second-order valence-corrected chi connectivity index (χ2v) is 6.45. The van der Waals surface area contributed by atoms with Gasteiger partial charge < -0.3 is 10.2 Å². The monoisotopic (exact) mass is 346 g/mol. The lowest BCUT2D eigenvalue weighted by molar-refractivity contribution is -0.380. The number of nitrogens with one attached hydrogen (secondary N) is 1. The first-order valence-corrected chi connectivity index (χ1v) is 8.04. The summed E-state index contributed by atoms with van der Waals surface area (Å²) in [6.07, 6.45) is 1.20. The third-order valence-electron chi connectivity index (χ3n) is 3.81. The van der Waals surface area contributed by atoms with Gasteiger partial charge in [0.05, 0.1) is 10.8 Å². The van der Waals surface area contributed by atoms with Crippen molar-refractivity contribution in [3.05, 3.63) is 46.1 Å². The number of carbonyl (C=O) groups is 2. The smallest absolute Gasteiger partial charge is 0.311 e. The molecule has 124 valence electrons. The summed E-state index contributed by atoms with van der Waals surface area (Å²) in [6, 6.07) is 7.49. The van der Waals surface area contributed by atoms with Crippen molar-refractivity contribution in [2.45, 2.75) is 13.3 Å². The van der Waals surface area contributed by atoms with E-state index in [2.05, 4.69) is 10.3 Å². The maximum absolute atomic E-state index is 12.3. The molecule has 0 saturated carbocycles. The number of aryl methyl sites for hydroxylation is 1. The van der Waals surface area contributed by atoms with E-state index in [0.29, 0.717) is 0 Å². The minimum Gasteiger partial charge on any atom is -0.311 e. The molecular formula is C15H14N4O4S. The van der Waals surface area contributed by atoms with Gasteiger partial charge in [0.2, 0.25) is 11.8 Å². The minimum atomic E-state index is -0.563. The van der Waals surface area contributed by atoms with E-state index in [1.54, 1.807) is 4.90 Å². The highest BCUT2D eigenvalue weighted by Crippen LogP contribution is 2.30. The molecule has 0 spiro atoms. The lowest BCUT2D eigenvalue weighted by atomic mass is 10.1. The molecule has 8 nitrogen and oxygen atoms in total. The molecule has 1 aromatic heterocycles. The van der Waals surface area contributed by atoms with Crippen molar-refractivity contribution in [3.8, 4) is 0 Å². The Bertz CT molecular complexity index is 819. The highest BCUT2D eigenvalue weighted by atomic mass is 32.1. The molecule has 24 heavy (non-hydrogen) atoms. The first-order chi connectivity index (χ1) is 11.5. The number of anilines is 2. The second kappa shape index (κ2) is 6.36. The number of rotatable bonds is 4. The van der Waals surface area contributed by atoms with Gasteiger partial charge in [0, 0.05) is 18.7 Å². The normalized spacial score (nSPS) is 17.1. The number of para-hydroxylation sites is 1. The highest BCUT2D eigenvalue weighted by molar-refractivity contribution is 7.18. The van der Waals surface area contributed by atoms with Gasteiger partial charge in [-0.15, -0.1) is 0 Å². The van der Waals surface area contributed by atoms with E-state index >= 15 is 0 Å². The molecule has 0 unspecified atom stereocenters. The van der Waals surface area contributed by atoms with Crippen LogP contribution in [0.4, 0.5) is 15.8 Å². The molecule has 1 atom stereocenters. The van der Waals surface area contributed by atoms with Crippen LogP contribution in [0.25, 0.3) is 0 Å². The van der Waals surface area contributed by atoms with Gasteiger partial charge in [0.25, 0.3) is 0 Å². The van der Waals surface area contributed by atoms with Crippen LogP contribution in [0.3, 0.4) is 0 Å². The van der Waals surface area contributed by atoms with Crippen molar-refractivity contribution in [1.82, 2.24) is 4.98 Å². The van der Waals surface area contributed by atoms with Gasteiger partial charge in [0.1, 0.15) is 6.20 Å². The van der Waals surface area contributed by atoms with E-state index in [4.69, 9.17) is 0 Å². The summed E-state index contributed by atoms with van der Waals surface area (Å²) in [4.78, 5) is 40.0. The summed E-state index contributed by atoms with van der Waals surface area (Å²) in [7, 11) is 0. The number of hydrogen-bond donors (Lipinski definition) is 1. The number of nitrogens with zero attached hydrogens (tertiary/aromatic N) is 3. The second-order valence-electron chi connectivity index (χ2n) is 5.44. The van der Waals surface area contributed by atoms with Crippen LogP contribution in [0.15, 0.2) is 30.5 Å². The van der Waals surface area contributed by atoms with Crippen LogP contribution in [-0.2, 0) is 9.59 Å². The SMILES string of the molecule is Cc1ccccc1N1C[C@H](C(=O)Nc2ncc([N+](=O)[O-])s2)CC1=O. The molecule has 1 aromatic carbocycles. The Hall–Kier alpha value is -2.81. The van der Waals surface area contributed by atoms with E-state index in [9.17, 15) is 19.7 Å². The standard InChI is InChI=1S/C15H14N4O4S/c1-9-4-2-3-5-11(9)18-8-10(6-12(18)20)14(21)17-15-16-7-13(24-15)19(22)23/h2-5,7,10H,6,8H2,1H3,(H,16,17,21)/t10-/m1/s1. The summed E-state index contributed by atoms with van der Waals surface area (Å²) >= 11 is 0.788. The number of carbonyl (C=O) groups excluding carboxylic acids is 2. The Morgan fingerprint density at radius 1 is 1.46 bits per heavy atom. The van der Waals surface area contributed by atoms with Crippen LogP contribution in [0, 0.1) is 23.0 Å². The van der Waals surface area contributed by atoms with Crippen LogP contribution >= 0.6 is 11.3 Å². The molecule has 1 saturated heterocycles. The number of thiazole rings is 1. The fourth-order valence-electron chi connectivity index (χ4n) is 2.60. The predicted octanol–water partition coefficient (Wildman–Crippen LogP) is 2.35. The maximum atomic E-state index is 12.3. The molecule has 9 heteroatoms. The molecule has 1 aliphatic rings. The number of aromatic nitrogens is 1. The van der Waals surface area contributed by atoms with Gasteiger partial charge in [-0.2, -0.15) is 0 Å². The average molecular weight is 346 g/mol. The summed E-state index contributed by atoms with van der Waals surface area (Å²) < 4.78 is 0. The molecule has 1 fully saturated rings. The fourth-order valence-corrected chi connectivity index (χ4v) is 3.23. The topological polar surface area (TPSA) is 105 Å². The molecule has 2 aromatic rings. The van der Waals surface area contributed by atoms with Crippen molar-refractivity contribution >= 4 is 39.0 Å². The maximum Gasteiger partial charge on any atom is 0.345 e. The molecule has 0 aliphatic carbocycles. The van der Waals surface area contributed by atoms with Crippen molar-refractivity contribution < 1.29 is 14.5 Å². The Kier molecular flexibility index (Phi) is 4.26. The van der Waals surface area contributed by atoms with Crippen LogP contribution in [0.2, 0.25) is 0 Å². The molecule has 3 rings (SSSR count). The molecule has 0 bridgehead atoms. The first kappa shape index (κ1) is 16.1. The average Bonchev–Trinajstić information content (AvgIpc) is 3.15. The Labute approximate surface area is 141 Å². The predicted molar refractivity (Wildman–Crippen MR) is 89.0 cm³/mol. The summed E-state index contributed by atoms with van der Waals surface area (Å²) in [5, 5.41) is 13.2. The quantitative estimate of drug-likeness (QED) is 0.676. The van der Waals surface area contributed by atoms with Gasteiger partial charge in [0.15, 0.2) is 5.13 Å². The van der Waals surface area contributed by atoms with E-state index < -0.39 is 10.8 Å². The largest absolute Gasteiger partial charge is 0.345 e. The number of amides is 2. The summed E-state index contributed by atoms with van der Waals surface area (Å²) in [6.45, 7) is 2.19. The zero-order valence-corrected chi connectivity index (χ0v) is 13.6. The lowest BCUT2D eigenvalue weighted by Crippen LogP contribution is -2.28. The third-order valence-corrected chi connectivity index (χ3v) is 4.67. The molecule has 1 N–H and O–H groups in total. The van der Waals surface area contributed by atoms with Gasteiger partial charge in [-0.3, -0.25) is 19.7 Å². The van der Waals surface area contributed by atoms with Gasteiger partial charge in [-0.1, -0.05) is 18.2 Å². The Balaban J connectivity index is 1.70. The van der Waals surface area contributed by atoms with Crippen LogP contribution in [0.5, 0.6) is 0 Å². The van der Waals surface area contributed by atoms with E-state index in [0.717, 1.165) is 28.8 Å². The Morgan fingerprint density at radius 3 is 2.88 bits per heavy atom. The molecule has 2 heterocycles. The van der Waals surface area contributed by atoms with E-state index in [1.807, 2.05) is 31.2 Å². The summed E-state index contributed by atoms with van der Waals surface area (Å²) in [5.74, 6) is -0.988. The lowest BCUT2D eigenvalue weighted by Gasteiger charge is -2.18. The number of benzene rings is 1. The molecule has 0 radical (unpaired) electrons. The minimum absolute atomic E-state index is 0.105. The Morgan fingerprint density at radius 2 is 2.21 bits per heavy atom. The van der Waals surface area contributed by atoms with Crippen molar-refractivity contribution in [2.75, 3.05) is 16.8 Å². The fraction of sp³-hybridized carbons (Fsp3) is 0.267. The van der Waals surface area contributed by atoms with Gasteiger partial charge in [-0.05, 0) is 29.9 Å². The molecule has 2 amide bonds. The van der Waals surface area contributed by atoms with E-state index in [-0.39, 0.29) is 34.9 Å². The third kappa shape index (κ3) is 3.11. The molecular weight excluding hydrogens is 332 g/mol. The summed E-state index contributed by atoms with van der Waals surface area (Å²) in [5.41, 5.74) is 1.75. The van der Waals surface area contributed by atoms with Crippen molar-refractivity contribution in [3.63, 3.8) is 0 Å². The van der Waals surface area contributed by atoms with Crippen LogP contribution in [-0.4, -0.2) is 28.3 Å². The van der Waals surface area contributed by atoms with Gasteiger partial charge in [-0.25, -0.2) is 4.98 Å². The zero-order valence-electron chi connectivity index (χ0n) is 12.8. The van der Waals surface area contributed by atoms with Crippen LogP contribution in [0.1, 0.15) is 12.0 Å². The zero-order chi connectivity index (χ0) is 17.3. The van der Waals surface area contributed by atoms with Crippen molar-refractivity contribution in [2.24, 2.45) is 5.92 Å².